The summed E-state index contributed by atoms with van der Waals surface area (Å²) in [6.45, 7) is 0. The van der Waals surface area contributed by atoms with Crippen molar-refractivity contribution in [3.63, 3.8) is 0 Å². The number of anilines is 1. The number of aromatic nitrogens is 3. The molecular formula is C15H8BrFN4O2S. The maximum atomic E-state index is 13.1. The van der Waals surface area contributed by atoms with Gasteiger partial charge >= 0.3 is 0 Å². The van der Waals surface area contributed by atoms with Gasteiger partial charge in [0.05, 0.1) is 5.69 Å². The Bertz CT molecular complexity index is 1040. The quantitative estimate of drug-likeness (QED) is 0.553. The summed E-state index contributed by atoms with van der Waals surface area (Å²) in [6.07, 6.45) is 0. The summed E-state index contributed by atoms with van der Waals surface area (Å²) in [6, 6.07) is 9.26. The van der Waals surface area contributed by atoms with Crippen LogP contribution in [0.5, 0.6) is 0 Å². The first-order valence-electron chi connectivity index (χ1n) is 6.77. The number of benzene rings is 1. The number of rotatable bonds is 3. The lowest BCUT2D eigenvalue weighted by atomic mass is 10.2. The Hall–Kier alpha value is -2.52. The Morgan fingerprint density at radius 3 is 2.75 bits per heavy atom. The number of halogens is 2. The molecule has 0 bridgehead atoms. The number of amides is 1. The maximum absolute atomic E-state index is 13.1. The second-order valence-electron chi connectivity index (χ2n) is 4.82. The van der Waals surface area contributed by atoms with Gasteiger partial charge in [0.15, 0.2) is 10.4 Å². The third kappa shape index (κ3) is 2.72. The van der Waals surface area contributed by atoms with Crippen LogP contribution in [0.15, 0.2) is 50.9 Å². The predicted octanol–water partition coefficient (Wildman–Crippen LogP) is 4.20. The van der Waals surface area contributed by atoms with Gasteiger partial charge in [-0.25, -0.2) is 8.91 Å². The third-order valence-corrected chi connectivity index (χ3v) is 4.49. The summed E-state index contributed by atoms with van der Waals surface area (Å²) in [4.78, 5) is 16.9. The largest absolute Gasteiger partial charge is 0.444 e. The Morgan fingerprint density at radius 2 is 2.04 bits per heavy atom. The number of thiazole rings is 1. The van der Waals surface area contributed by atoms with Crippen LogP contribution in [-0.2, 0) is 0 Å². The first-order chi connectivity index (χ1) is 11.6. The molecule has 0 saturated heterocycles. The van der Waals surface area contributed by atoms with Gasteiger partial charge in [0.25, 0.3) is 11.9 Å². The number of nitrogens with one attached hydrogen (secondary N) is 1. The van der Waals surface area contributed by atoms with Crippen molar-refractivity contribution in [2.75, 3.05) is 5.32 Å². The molecule has 0 fully saturated rings. The predicted molar refractivity (Wildman–Crippen MR) is 90.6 cm³/mol. The standard InChI is InChI=1S/C15H8BrFN4O2S/c16-12-6-5-11(23-12)13(22)18-14-19-15-21(20-14)10(7-24-15)8-1-3-9(17)4-2-8/h1-7H,(H,18,20,22). The topological polar surface area (TPSA) is 72.4 Å². The average Bonchev–Trinajstić information content (AvgIpc) is 3.24. The van der Waals surface area contributed by atoms with Crippen molar-refractivity contribution in [1.29, 1.82) is 0 Å². The minimum absolute atomic E-state index is 0.152. The van der Waals surface area contributed by atoms with Crippen LogP contribution in [0.1, 0.15) is 10.6 Å². The molecular weight excluding hydrogens is 399 g/mol. The Balaban J connectivity index is 1.64. The monoisotopic (exact) mass is 406 g/mol. The highest BCUT2D eigenvalue weighted by Gasteiger charge is 2.16. The number of hydrogen-bond donors (Lipinski definition) is 1. The van der Waals surface area contributed by atoms with Crippen LogP contribution >= 0.6 is 27.3 Å². The van der Waals surface area contributed by atoms with Crippen molar-refractivity contribution in [2.45, 2.75) is 0 Å². The molecule has 24 heavy (non-hydrogen) atoms. The van der Waals surface area contributed by atoms with Gasteiger partial charge in [0.2, 0.25) is 4.96 Å². The average molecular weight is 407 g/mol. The Kier molecular flexibility index (Phi) is 3.66. The fourth-order valence-electron chi connectivity index (χ4n) is 2.15. The van der Waals surface area contributed by atoms with E-state index >= 15 is 0 Å². The van der Waals surface area contributed by atoms with Gasteiger partial charge in [-0.1, -0.05) is 0 Å². The zero-order chi connectivity index (χ0) is 16.7. The van der Waals surface area contributed by atoms with Gasteiger partial charge in [-0.3, -0.25) is 10.1 Å². The first kappa shape index (κ1) is 15.0. The summed E-state index contributed by atoms with van der Waals surface area (Å²) in [5.41, 5.74) is 1.57. The third-order valence-electron chi connectivity index (χ3n) is 3.24. The van der Waals surface area contributed by atoms with Crippen molar-refractivity contribution in [1.82, 2.24) is 14.6 Å². The molecule has 3 aromatic heterocycles. The first-order valence-corrected chi connectivity index (χ1v) is 8.44. The minimum Gasteiger partial charge on any atom is -0.444 e. The van der Waals surface area contributed by atoms with Crippen LogP contribution in [-0.4, -0.2) is 20.5 Å². The second-order valence-corrected chi connectivity index (χ2v) is 6.43. The molecule has 0 aliphatic rings. The van der Waals surface area contributed by atoms with Crippen molar-refractivity contribution >= 4 is 44.1 Å². The molecule has 1 amide bonds. The zero-order valence-electron chi connectivity index (χ0n) is 11.9. The molecule has 0 spiro atoms. The van der Waals surface area contributed by atoms with Gasteiger partial charge in [-0.15, -0.1) is 16.4 Å². The number of carbonyl (C=O) groups excluding carboxylic acids is 1. The lowest BCUT2D eigenvalue weighted by Crippen LogP contribution is -2.12. The van der Waals surface area contributed by atoms with Gasteiger partial charge in [0, 0.05) is 10.9 Å². The summed E-state index contributed by atoms with van der Waals surface area (Å²) >= 11 is 4.52. The summed E-state index contributed by atoms with van der Waals surface area (Å²) in [5, 5.41) is 8.74. The number of furan rings is 1. The lowest BCUT2D eigenvalue weighted by Gasteiger charge is -1.99. The number of carbonyl (C=O) groups is 1. The highest BCUT2D eigenvalue weighted by Crippen LogP contribution is 2.26. The van der Waals surface area contributed by atoms with E-state index in [0.29, 0.717) is 9.63 Å². The minimum atomic E-state index is -0.442. The van der Waals surface area contributed by atoms with Gasteiger partial charge in [-0.2, -0.15) is 4.98 Å². The maximum Gasteiger partial charge on any atom is 0.293 e. The molecule has 0 aliphatic heterocycles. The van der Waals surface area contributed by atoms with Crippen molar-refractivity contribution in [3.8, 4) is 11.3 Å². The smallest absolute Gasteiger partial charge is 0.293 e. The molecule has 0 unspecified atom stereocenters. The molecule has 9 heteroatoms. The molecule has 4 rings (SSSR count). The number of nitrogens with zero attached hydrogens (tertiary/aromatic N) is 3. The fourth-order valence-corrected chi connectivity index (χ4v) is 3.29. The molecule has 1 N–H and O–H groups in total. The van der Waals surface area contributed by atoms with E-state index in [1.54, 1.807) is 28.8 Å². The molecule has 0 saturated carbocycles. The lowest BCUT2D eigenvalue weighted by molar-refractivity contribution is 0.0994. The van der Waals surface area contributed by atoms with E-state index in [9.17, 15) is 9.18 Å². The van der Waals surface area contributed by atoms with Gasteiger partial charge in [0.1, 0.15) is 5.82 Å². The SMILES string of the molecule is O=C(Nc1nc2scc(-c3ccc(F)cc3)n2n1)c1ccc(Br)o1. The van der Waals surface area contributed by atoms with Crippen molar-refractivity contribution in [3.05, 3.63) is 58.0 Å². The van der Waals surface area contributed by atoms with E-state index in [1.807, 2.05) is 5.38 Å². The molecule has 4 aromatic rings. The summed E-state index contributed by atoms with van der Waals surface area (Å²) in [5.74, 6) is -0.426. The molecule has 6 nitrogen and oxygen atoms in total. The zero-order valence-corrected chi connectivity index (χ0v) is 14.3. The van der Waals surface area contributed by atoms with Crippen LogP contribution < -0.4 is 5.32 Å². The fraction of sp³-hybridized carbons (Fsp3) is 0. The molecule has 1 aromatic carbocycles. The van der Waals surface area contributed by atoms with E-state index in [-0.39, 0.29) is 17.5 Å². The number of hydrogen-bond acceptors (Lipinski definition) is 5. The molecule has 0 atom stereocenters. The van der Waals surface area contributed by atoms with Crippen LogP contribution in [0, 0.1) is 5.82 Å². The van der Waals surface area contributed by atoms with E-state index < -0.39 is 5.91 Å². The number of fused-ring (bicyclic) bond motifs is 1. The van der Waals surface area contributed by atoms with Crippen LogP contribution in [0.4, 0.5) is 10.3 Å². The van der Waals surface area contributed by atoms with Crippen LogP contribution in [0.3, 0.4) is 0 Å². The van der Waals surface area contributed by atoms with E-state index in [2.05, 4.69) is 31.3 Å². The van der Waals surface area contributed by atoms with E-state index in [4.69, 9.17) is 4.42 Å². The molecule has 3 heterocycles. The molecule has 0 radical (unpaired) electrons. The van der Waals surface area contributed by atoms with Gasteiger partial charge in [-0.05, 0) is 52.3 Å². The molecule has 120 valence electrons. The Morgan fingerprint density at radius 1 is 1.25 bits per heavy atom. The van der Waals surface area contributed by atoms with Crippen molar-refractivity contribution < 1.29 is 13.6 Å². The normalized spacial score (nSPS) is 11.1. The molecule has 0 aliphatic carbocycles. The van der Waals surface area contributed by atoms with Gasteiger partial charge < -0.3 is 4.42 Å². The Labute approximate surface area is 147 Å². The van der Waals surface area contributed by atoms with E-state index in [0.717, 1.165) is 11.3 Å². The van der Waals surface area contributed by atoms with Crippen LogP contribution in [0.25, 0.3) is 16.2 Å². The summed E-state index contributed by atoms with van der Waals surface area (Å²) in [7, 11) is 0. The van der Waals surface area contributed by atoms with Crippen LogP contribution in [0.2, 0.25) is 0 Å². The summed E-state index contributed by atoms with van der Waals surface area (Å²) < 4.78 is 20.3. The second kappa shape index (κ2) is 5.84. The van der Waals surface area contributed by atoms with Crippen molar-refractivity contribution in [2.24, 2.45) is 0 Å². The van der Waals surface area contributed by atoms with E-state index in [1.165, 1.54) is 23.5 Å². The highest BCUT2D eigenvalue weighted by molar-refractivity contribution is 9.10. The highest BCUT2D eigenvalue weighted by atomic mass is 79.9.